The van der Waals surface area contributed by atoms with Crippen LogP contribution in [-0.4, -0.2) is 11.8 Å². The summed E-state index contributed by atoms with van der Waals surface area (Å²) in [5.41, 5.74) is 4.61. The number of hydrogen-bond donors (Lipinski definition) is 2. The molecule has 0 spiro atoms. The predicted molar refractivity (Wildman–Crippen MR) is 186 cm³/mol. The summed E-state index contributed by atoms with van der Waals surface area (Å²) in [6.45, 7) is 17.2. The molecule has 0 aromatic heterocycles. The summed E-state index contributed by atoms with van der Waals surface area (Å²) in [6.07, 6.45) is 2.11. The first-order valence-electron chi connectivity index (χ1n) is 16.0. The molecule has 6 heteroatoms. The zero-order valence-electron chi connectivity index (χ0n) is 27.6. The third-order valence-corrected chi connectivity index (χ3v) is 9.34. The van der Waals surface area contributed by atoms with Crippen LogP contribution in [0.2, 0.25) is 0 Å². The van der Waals surface area contributed by atoms with Gasteiger partial charge in [0.15, 0.2) is 0 Å². The normalized spacial score (nSPS) is 16.0. The van der Waals surface area contributed by atoms with Crippen LogP contribution in [0.5, 0.6) is 23.0 Å². The molecule has 46 heavy (non-hydrogen) atoms. The topological polar surface area (TPSA) is 76.7 Å². The van der Waals surface area contributed by atoms with Crippen molar-refractivity contribution in [3.8, 4) is 23.0 Å². The van der Waals surface area contributed by atoms with Gasteiger partial charge >= 0.3 is 0 Å². The van der Waals surface area contributed by atoms with Gasteiger partial charge in [0.1, 0.15) is 23.0 Å². The van der Waals surface area contributed by atoms with E-state index in [0.29, 0.717) is 28.4 Å². The van der Waals surface area contributed by atoms with E-state index < -0.39 is 11.8 Å². The van der Waals surface area contributed by atoms with Crippen molar-refractivity contribution in [2.75, 3.05) is 10.6 Å². The van der Waals surface area contributed by atoms with Gasteiger partial charge in [0.05, 0.1) is 11.8 Å². The summed E-state index contributed by atoms with van der Waals surface area (Å²) in [5.74, 6) is 1.15. The lowest BCUT2D eigenvalue weighted by molar-refractivity contribution is -0.122. The van der Waals surface area contributed by atoms with Crippen LogP contribution in [-0.2, 0) is 20.4 Å². The van der Waals surface area contributed by atoms with Crippen LogP contribution in [0.3, 0.4) is 0 Å². The molecule has 0 saturated heterocycles. The lowest BCUT2D eigenvalue weighted by atomic mass is 9.82. The zero-order chi connectivity index (χ0) is 33.1. The van der Waals surface area contributed by atoms with E-state index in [1.807, 2.05) is 24.3 Å². The molecular formula is C40H44N2O4. The summed E-state index contributed by atoms with van der Waals surface area (Å²) in [7, 11) is 0. The fourth-order valence-electron chi connectivity index (χ4n) is 5.24. The molecular weight excluding hydrogens is 572 g/mol. The minimum Gasteiger partial charge on any atom is -0.457 e. The lowest BCUT2D eigenvalue weighted by Gasteiger charge is -2.23. The van der Waals surface area contributed by atoms with Crippen molar-refractivity contribution in [3.05, 3.63) is 120 Å². The van der Waals surface area contributed by atoms with E-state index in [2.05, 4.69) is 83.0 Å². The number of rotatable bonds is 12. The minimum absolute atomic E-state index is 0.117. The van der Waals surface area contributed by atoms with Gasteiger partial charge in [-0.25, -0.2) is 0 Å². The van der Waals surface area contributed by atoms with Crippen LogP contribution in [0.1, 0.15) is 65.5 Å². The molecule has 6 nitrogen and oxygen atoms in total. The Morgan fingerprint density at radius 2 is 0.848 bits per heavy atom. The highest BCUT2D eigenvalue weighted by molar-refractivity contribution is 6.08. The van der Waals surface area contributed by atoms with Gasteiger partial charge in [-0.15, -0.1) is 0 Å². The van der Waals surface area contributed by atoms with Crippen LogP contribution < -0.4 is 20.1 Å². The molecule has 0 bridgehead atoms. The summed E-state index contributed by atoms with van der Waals surface area (Å²) in [5, 5.41) is 5.80. The number of ether oxygens (including phenoxy) is 2. The molecule has 1 fully saturated rings. The van der Waals surface area contributed by atoms with Crippen LogP contribution in [0, 0.1) is 11.8 Å². The molecule has 2 N–H and O–H groups in total. The lowest BCUT2D eigenvalue weighted by Crippen LogP contribution is -2.20. The monoisotopic (exact) mass is 616 g/mol. The number of hydrogen-bond acceptors (Lipinski definition) is 4. The molecule has 0 radical (unpaired) electrons. The van der Waals surface area contributed by atoms with Gasteiger partial charge in [-0.2, -0.15) is 0 Å². The van der Waals surface area contributed by atoms with Crippen LogP contribution in [0.15, 0.2) is 109 Å². The fourth-order valence-corrected chi connectivity index (χ4v) is 5.24. The SMILES string of the molecule is C=C1[C@H](C(=O)Nc2ccc(Oc3ccc(C(C)(C)CC)cc3)cc2)[C@H]1C(=O)Nc1ccc(Oc2ccc(C(C)(C)CC)cc2)cc1. The van der Waals surface area contributed by atoms with Crippen molar-refractivity contribution in [2.24, 2.45) is 11.8 Å². The van der Waals surface area contributed by atoms with Crippen LogP contribution in [0.25, 0.3) is 0 Å². The quantitative estimate of drug-likeness (QED) is 0.155. The molecule has 1 aliphatic carbocycles. The number of anilines is 2. The Bertz CT molecular complexity index is 1560. The molecule has 0 heterocycles. The summed E-state index contributed by atoms with van der Waals surface area (Å²) < 4.78 is 12.0. The Morgan fingerprint density at radius 1 is 0.565 bits per heavy atom. The van der Waals surface area contributed by atoms with Gasteiger partial charge in [-0.3, -0.25) is 9.59 Å². The molecule has 4 aromatic rings. The first-order valence-corrected chi connectivity index (χ1v) is 16.0. The van der Waals surface area contributed by atoms with E-state index in [1.54, 1.807) is 48.5 Å². The van der Waals surface area contributed by atoms with Gasteiger partial charge in [0.2, 0.25) is 11.8 Å². The second-order valence-corrected chi connectivity index (χ2v) is 13.3. The Hall–Kier alpha value is -4.84. The van der Waals surface area contributed by atoms with Crippen molar-refractivity contribution in [2.45, 2.75) is 65.2 Å². The Balaban J connectivity index is 1.10. The first-order chi connectivity index (χ1) is 21.9. The second-order valence-electron chi connectivity index (χ2n) is 13.3. The molecule has 1 aliphatic rings. The van der Waals surface area contributed by atoms with E-state index in [4.69, 9.17) is 9.47 Å². The van der Waals surface area contributed by atoms with Crippen molar-refractivity contribution in [3.63, 3.8) is 0 Å². The maximum Gasteiger partial charge on any atom is 0.232 e. The number of carbonyl (C=O) groups excluding carboxylic acids is 2. The minimum atomic E-state index is -0.579. The van der Waals surface area contributed by atoms with E-state index >= 15 is 0 Å². The van der Waals surface area contributed by atoms with Gasteiger partial charge in [0.25, 0.3) is 0 Å². The largest absolute Gasteiger partial charge is 0.457 e. The fraction of sp³-hybridized carbons (Fsp3) is 0.300. The second kappa shape index (κ2) is 13.3. The highest BCUT2D eigenvalue weighted by Gasteiger charge is 2.52. The van der Waals surface area contributed by atoms with Gasteiger partial charge in [-0.05, 0) is 108 Å². The van der Waals surface area contributed by atoms with Gasteiger partial charge < -0.3 is 20.1 Å². The third kappa shape index (κ3) is 7.51. The molecule has 2 atom stereocenters. The van der Waals surface area contributed by atoms with Crippen molar-refractivity contribution < 1.29 is 19.1 Å². The summed E-state index contributed by atoms with van der Waals surface area (Å²) in [4.78, 5) is 26.0. The Morgan fingerprint density at radius 3 is 1.13 bits per heavy atom. The number of carbonyl (C=O) groups is 2. The molecule has 0 aliphatic heterocycles. The Kier molecular flexibility index (Phi) is 9.38. The van der Waals surface area contributed by atoms with Crippen molar-refractivity contribution in [1.29, 1.82) is 0 Å². The first kappa shape index (κ1) is 32.6. The number of benzene rings is 4. The van der Waals surface area contributed by atoms with E-state index in [-0.39, 0.29) is 22.6 Å². The van der Waals surface area contributed by atoms with E-state index in [9.17, 15) is 9.59 Å². The highest BCUT2D eigenvalue weighted by atomic mass is 16.5. The van der Waals surface area contributed by atoms with E-state index in [1.165, 1.54) is 11.1 Å². The average Bonchev–Trinajstić information content (AvgIpc) is 3.74. The van der Waals surface area contributed by atoms with Crippen LogP contribution >= 0.6 is 0 Å². The molecule has 0 unspecified atom stereocenters. The smallest absolute Gasteiger partial charge is 0.232 e. The molecule has 2 amide bonds. The molecule has 238 valence electrons. The maximum atomic E-state index is 13.0. The van der Waals surface area contributed by atoms with Crippen molar-refractivity contribution in [1.82, 2.24) is 0 Å². The van der Waals surface area contributed by atoms with Gasteiger partial charge in [0, 0.05) is 11.4 Å². The third-order valence-electron chi connectivity index (χ3n) is 9.34. The molecule has 4 aromatic carbocycles. The van der Waals surface area contributed by atoms with Crippen molar-refractivity contribution >= 4 is 23.2 Å². The summed E-state index contributed by atoms with van der Waals surface area (Å²) >= 11 is 0. The predicted octanol–water partition coefficient (Wildman–Crippen LogP) is 10.0. The van der Waals surface area contributed by atoms with E-state index in [0.717, 1.165) is 24.3 Å². The molecule has 1 saturated carbocycles. The molecule has 5 rings (SSSR count). The maximum absolute atomic E-state index is 13.0. The highest BCUT2D eigenvalue weighted by Crippen LogP contribution is 2.46. The standard InChI is InChI=1S/C40H44N2O4/c1-8-39(4,5)27-10-18-31(19-11-27)45-33-22-14-29(15-23-33)41-37(43)35-26(3)36(35)38(44)42-30-16-24-34(25-17-30)46-32-20-12-28(13-21-32)40(6,7)9-2/h10-25,35-36H,3,8-9H2,1-2,4-7H3,(H,41,43)(H,42,44)/t35-,36-/m0/s1. The van der Waals surface area contributed by atoms with Crippen LogP contribution in [0.4, 0.5) is 11.4 Å². The number of nitrogens with one attached hydrogen (secondary N) is 2. The zero-order valence-corrected chi connectivity index (χ0v) is 27.6. The average molecular weight is 617 g/mol. The number of amides is 2. The van der Waals surface area contributed by atoms with Gasteiger partial charge in [-0.1, -0.05) is 78.0 Å². The Labute approximate surface area is 272 Å². The summed E-state index contributed by atoms with van der Waals surface area (Å²) in [6, 6.07) is 30.7.